The summed E-state index contributed by atoms with van der Waals surface area (Å²) in [7, 11) is 1.87. The second-order valence-corrected chi connectivity index (χ2v) is 6.47. The van der Waals surface area contributed by atoms with Gasteiger partial charge < -0.3 is 10.4 Å². The van der Waals surface area contributed by atoms with Crippen molar-refractivity contribution in [2.45, 2.75) is 31.7 Å². The molecule has 1 aliphatic rings. The van der Waals surface area contributed by atoms with E-state index in [1.54, 1.807) is 28.9 Å². The molecule has 1 aromatic heterocycles. The lowest BCUT2D eigenvalue weighted by molar-refractivity contribution is -0.148. The van der Waals surface area contributed by atoms with E-state index in [2.05, 4.69) is 10.4 Å². The average molecular weight is 327 g/mol. The van der Waals surface area contributed by atoms with Crippen LogP contribution in [0, 0.1) is 5.92 Å². The van der Waals surface area contributed by atoms with Crippen LogP contribution >= 0.6 is 0 Å². The number of hydrogen-bond donors (Lipinski definition) is 2. The van der Waals surface area contributed by atoms with Crippen LogP contribution in [0.5, 0.6) is 0 Å². The Kier molecular flexibility index (Phi) is 4.13. The van der Waals surface area contributed by atoms with Crippen molar-refractivity contribution in [3.63, 3.8) is 0 Å². The summed E-state index contributed by atoms with van der Waals surface area (Å²) in [6.07, 6.45) is 3.92. The third-order valence-electron chi connectivity index (χ3n) is 4.87. The molecule has 1 aliphatic carbocycles. The van der Waals surface area contributed by atoms with Crippen molar-refractivity contribution in [3.8, 4) is 0 Å². The van der Waals surface area contributed by atoms with Gasteiger partial charge in [0.2, 0.25) is 5.91 Å². The number of amides is 1. The third kappa shape index (κ3) is 2.79. The summed E-state index contributed by atoms with van der Waals surface area (Å²) < 4.78 is 1.79. The molecule has 3 rings (SSSR count). The lowest BCUT2D eigenvalue weighted by Gasteiger charge is -2.30. The van der Waals surface area contributed by atoms with E-state index >= 15 is 0 Å². The molecule has 2 unspecified atom stereocenters. The summed E-state index contributed by atoms with van der Waals surface area (Å²) in [6, 6.07) is 8.79. The Morgan fingerprint density at radius 3 is 2.71 bits per heavy atom. The fourth-order valence-electron chi connectivity index (χ4n) is 3.24. The zero-order valence-electron chi connectivity index (χ0n) is 13.8. The van der Waals surface area contributed by atoms with Crippen LogP contribution in [0.15, 0.2) is 36.5 Å². The van der Waals surface area contributed by atoms with Crippen molar-refractivity contribution in [1.82, 2.24) is 15.1 Å². The first-order valence-electron chi connectivity index (χ1n) is 8.02. The van der Waals surface area contributed by atoms with Gasteiger partial charge in [-0.2, -0.15) is 5.10 Å². The number of aryl methyl sites for hydroxylation is 2. The molecular weight excluding hydrogens is 306 g/mol. The van der Waals surface area contributed by atoms with E-state index in [-0.39, 0.29) is 11.8 Å². The van der Waals surface area contributed by atoms with Crippen molar-refractivity contribution < 1.29 is 14.7 Å². The first-order chi connectivity index (χ1) is 11.4. The summed E-state index contributed by atoms with van der Waals surface area (Å²) in [5, 5.41) is 16.7. The van der Waals surface area contributed by atoms with E-state index < -0.39 is 11.5 Å². The Labute approximate surface area is 140 Å². The molecule has 1 heterocycles. The molecular formula is C18H21N3O3. The zero-order valence-corrected chi connectivity index (χ0v) is 13.8. The third-order valence-corrected chi connectivity index (χ3v) is 4.87. The molecule has 0 fully saturated rings. The van der Waals surface area contributed by atoms with Gasteiger partial charge in [0.1, 0.15) is 0 Å². The normalized spacial score (nSPS) is 19.2. The van der Waals surface area contributed by atoms with Crippen molar-refractivity contribution in [3.05, 3.63) is 53.3 Å². The number of benzene rings is 1. The highest BCUT2D eigenvalue weighted by Crippen LogP contribution is 2.27. The molecule has 2 aromatic rings. The highest BCUT2D eigenvalue weighted by atomic mass is 16.4. The molecule has 2 atom stereocenters. The molecule has 126 valence electrons. The molecule has 0 spiro atoms. The molecule has 0 radical (unpaired) electrons. The maximum Gasteiger partial charge on any atom is 0.333 e. The van der Waals surface area contributed by atoms with Crippen LogP contribution in [0.25, 0.3) is 0 Å². The van der Waals surface area contributed by atoms with Gasteiger partial charge in [-0.3, -0.25) is 9.48 Å². The number of hydrogen-bond acceptors (Lipinski definition) is 3. The van der Waals surface area contributed by atoms with Crippen molar-refractivity contribution >= 4 is 11.9 Å². The lowest BCUT2D eigenvalue weighted by atomic mass is 9.85. The monoisotopic (exact) mass is 327 g/mol. The van der Waals surface area contributed by atoms with E-state index in [4.69, 9.17) is 0 Å². The van der Waals surface area contributed by atoms with Gasteiger partial charge in [-0.15, -0.1) is 0 Å². The number of carboxylic acids is 1. The number of carboxylic acid groups (broad SMARTS) is 1. The highest BCUT2D eigenvalue weighted by molar-refractivity contribution is 5.89. The summed E-state index contributed by atoms with van der Waals surface area (Å²) in [6.45, 7) is 1.53. The highest BCUT2D eigenvalue weighted by Gasteiger charge is 2.39. The minimum atomic E-state index is -1.44. The predicted octanol–water partition coefficient (Wildman–Crippen LogP) is 1.64. The van der Waals surface area contributed by atoms with E-state index in [9.17, 15) is 14.7 Å². The van der Waals surface area contributed by atoms with Crippen LogP contribution in [-0.2, 0) is 35.0 Å². The van der Waals surface area contributed by atoms with E-state index in [0.29, 0.717) is 18.4 Å². The van der Waals surface area contributed by atoms with E-state index in [0.717, 1.165) is 12.1 Å². The standard InChI is InChI=1S/C18H21N3O3/c1-18(17(23)24,14-6-4-3-5-7-14)20-16(22)12-8-9-13-11-19-21(2)15(13)10-12/h3-7,11-12H,8-10H2,1-2H3,(H,20,22)(H,23,24). The van der Waals surface area contributed by atoms with E-state index in [1.165, 1.54) is 12.5 Å². The van der Waals surface area contributed by atoms with Crippen molar-refractivity contribution in [1.29, 1.82) is 0 Å². The summed E-state index contributed by atoms with van der Waals surface area (Å²) in [5.74, 6) is -1.54. The predicted molar refractivity (Wildman–Crippen MR) is 88.3 cm³/mol. The number of nitrogens with zero attached hydrogens (tertiary/aromatic N) is 2. The fraction of sp³-hybridized carbons (Fsp3) is 0.389. The maximum absolute atomic E-state index is 12.7. The van der Waals surface area contributed by atoms with Gasteiger partial charge in [0.05, 0.1) is 6.20 Å². The van der Waals surface area contributed by atoms with Gasteiger partial charge in [-0.05, 0) is 30.9 Å². The topological polar surface area (TPSA) is 84.2 Å². The van der Waals surface area contributed by atoms with Gasteiger partial charge >= 0.3 is 5.97 Å². The molecule has 0 saturated carbocycles. The van der Waals surface area contributed by atoms with Crippen LogP contribution < -0.4 is 5.32 Å². The minimum Gasteiger partial charge on any atom is -0.479 e. The summed E-state index contributed by atoms with van der Waals surface area (Å²) >= 11 is 0. The smallest absolute Gasteiger partial charge is 0.333 e. The quantitative estimate of drug-likeness (QED) is 0.894. The maximum atomic E-state index is 12.7. The van der Waals surface area contributed by atoms with Gasteiger partial charge in [-0.25, -0.2) is 4.79 Å². The number of aromatic nitrogens is 2. The molecule has 0 bridgehead atoms. The van der Waals surface area contributed by atoms with Crippen LogP contribution in [0.3, 0.4) is 0 Å². The van der Waals surface area contributed by atoms with Gasteiger partial charge in [0.15, 0.2) is 5.54 Å². The molecule has 2 N–H and O–H groups in total. The lowest BCUT2D eigenvalue weighted by Crippen LogP contribution is -2.52. The van der Waals surface area contributed by atoms with Gasteiger partial charge in [0, 0.05) is 25.1 Å². The number of fused-ring (bicyclic) bond motifs is 1. The van der Waals surface area contributed by atoms with Gasteiger partial charge in [0.25, 0.3) is 0 Å². The SMILES string of the molecule is Cn1ncc2c1CC(C(=O)NC(C)(C(=O)O)c1ccccc1)CC2. The Morgan fingerprint density at radius 2 is 2.04 bits per heavy atom. The van der Waals surface area contributed by atoms with Crippen LogP contribution in [0.1, 0.15) is 30.2 Å². The Hall–Kier alpha value is -2.63. The molecule has 0 saturated heterocycles. The average Bonchev–Trinajstić information content (AvgIpc) is 2.96. The minimum absolute atomic E-state index is 0.226. The largest absolute Gasteiger partial charge is 0.479 e. The van der Waals surface area contributed by atoms with Gasteiger partial charge in [-0.1, -0.05) is 30.3 Å². The summed E-state index contributed by atoms with van der Waals surface area (Å²) in [4.78, 5) is 24.6. The number of aliphatic carboxylic acids is 1. The van der Waals surface area contributed by atoms with Crippen LogP contribution in [0.2, 0.25) is 0 Å². The molecule has 1 aromatic carbocycles. The molecule has 24 heavy (non-hydrogen) atoms. The van der Waals surface area contributed by atoms with Crippen molar-refractivity contribution in [2.75, 3.05) is 0 Å². The summed E-state index contributed by atoms with van der Waals surface area (Å²) in [5.41, 5.74) is 1.34. The second kappa shape index (κ2) is 6.11. The Bertz CT molecular complexity index is 769. The first kappa shape index (κ1) is 16.2. The van der Waals surface area contributed by atoms with Crippen molar-refractivity contribution in [2.24, 2.45) is 13.0 Å². The van der Waals surface area contributed by atoms with Crippen LogP contribution in [-0.4, -0.2) is 26.8 Å². The zero-order chi connectivity index (χ0) is 17.3. The molecule has 6 heteroatoms. The van der Waals surface area contributed by atoms with E-state index in [1.807, 2.05) is 19.3 Å². The first-order valence-corrected chi connectivity index (χ1v) is 8.02. The Balaban J connectivity index is 1.80. The number of nitrogens with one attached hydrogen (secondary N) is 1. The van der Waals surface area contributed by atoms with Crippen LogP contribution in [0.4, 0.5) is 0 Å². The molecule has 0 aliphatic heterocycles. The molecule has 6 nitrogen and oxygen atoms in total. The number of carbonyl (C=O) groups excluding carboxylic acids is 1. The number of rotatable bonds is 4. The second-order valence-electron chi connectivity index (χ2n) is 6.47. The fourth-order valence-corrected chi connectivity index (χ4v) is 3.24. The molecule has 1 amide bonds. The Morgan fingerprint density at radius 1 is 1.33 bits per heavy atom. The number of carbonyl (C=O) groups is 2.